The fraction of sp³-hybridized carbons (Fsp3) is 0. The highest BCUT2D eigenvalue weighted by Crippen LogP contribution is 2.38. The number of benzene rings is 3. The number of allylic oxidation sites excluding steroid dienone is 1. The summed E-state index contributed by atoms with van der Waals surface area (Å²) in [6.45, 7) is 0. The van der Waals surface area contributed by atoms with Gasteiger partial charge < -0.3 is 4.98 Å². The quantitative estimate of drug-likeness (QED) is 0.489. The molecule has 0 aliphatic carbocycles. The number of H-pyrrole nitrogens is 1. The summed E-state index contributed by atoms with van der Waals surface area (Å²) in [5, 5.41) is 1.23. The van der Waals surface area contributed by atoms with Crippen LogP contribution in [0.25, 0.3) is 22.0 Å². The normalized spacial score (nSPS) is 14.7. The highest BCUT2D eigenvalue weighted by molar-refractivity contribution is 9.10. The van der Waals surface area contributed by atoms with Gasteiger partial charge in [0.25, 0.3) is 0 Å². The molecule has 2 heterocycles. The Morgan fingerprint density at radius 1 is 0.885 bits per heavy atom. The van der Waals surface area contributed by atoms with E-state index >= 15 is 0 Å². The van der Waals surface area contributed by atoms with Gasteiger partial charge >= 0.3 is 0 Å². The summed E-state index contributed by atoms with van der Waals surface area (Å²) in [5.74, 6) is 0. The first-order chi connectivity index (χ1) is 12.8. The van der Waals surface area contributed by atoms with Crippen LogP contribution in [0.3, 0.4) is 0 Å². The van der Waals surface area contributed by atoms with E-state index in [4.69, 9.17) is 0 Å². The van der Waals surface area contributed by atoms with Crippen molar-refractivity contribution < 1.29 is 4.99 Å². The van der Waals surface area contributed by atoms with E-state index in [1.807, 2.05) is 0 Å². The SMILES string of the molecule is Brc1cccc(C(=C2C=[NH+]c3ccccc32)c2c[nH]c3ccccc23)c1. The lowest BCUT2D eigenvalue weighted by Crippen LogP contribution is -2.58. The van der Waals surface area contributed by atoms with Crippen molar-refractivity contribution in [3.8, 4) is 0 Å². The first-order valence-corrected chi connectivity index (χ1v) is 9.36. The summed E-state index contributed by atoms with van der Waals surface area (Å²) in [6.07, 6.45) is 4.23. The topological polar surface area (TPSA) is 29.8 Å². The van der Waals surface area contributed by atoms with Gasteiger partial charge in [0, 0.05) is 38.8 Å². The van der Waals surface area contributed by atoms with Crippen molar-refractivity contribution in [2.75, 3.05) is 0 Å². The maximum atomic E-state index is 3.63. The Bertz CT molecular complexity index is 1200. The van der Waals surface area contributed by atoms with Crippen molar-refractivity contribution in [2.45, 2.75) is 0 Å². The number of para-hydroxylation sites is 2. The second kappa shape index (κ2) is 6.11. The molecule has 1 aliphatic heterocycles. The zero-order chi connectivity index (χ0) is 17.5. The van der Waals surface area contributed by atoms with Crippen molar-refractivity contribution in [3.05, 3.63) is 100 Å². The highest BCUT2D eigenvalue weighted by Gasteiger charge is 2.24. The van der Waals surface area contributed by atoms with Gasteiger partial charge in [0.15, 0.2) is 6.21 Å². The van der Waals surface area contributed by atoms with Crippen molar-refractivity contribution in [3.63, 3.8) is 0 Å². The number of rotatable bonds is 2. The Labute approximate surface area is 160 Å². The highest BCUT2D eigenvalue weighted by atomic mass is 79.9. The third-order valence-corrected chi connectivity index (χ3v) is 5.32. The molecule has 1 aromatic heterocycles. The van der Waals surface area contributed by atoms with E-state index in [1.165, 1.54) is 33.2 Å². The summed E-state index contributed by atoms with van der Waals surface area (Å²) in [7, 11) is 0. The Morgan fingerprint density at radius 2 is 1.73 bits per heavy atom. The zero-order valence-electron chi connectivity index (χ0n) is 14.0. The molecule has 0 saturated carbocycles. The van der Waals surface area contributed by atoms with E-state index < -0.39 is 0 Å². The van der Waals surface area contributed by atoms with Crippen molar-refractivity contribution in [1.82, 2.24) is 4.98 Å². The maximum absolute atomic E-state index is 3.63. The molecule has 1 aliphatic rings. The van der Waals surface area contributed by atoms with Crippen LogP contribution in [0.4, 0.5) is 5.69 Å². The molecule has 0 spiro atoms. The van der Waals surface area contributed by atoms with Gasteiger partial charge in [0.05, 0.1) is 11.1 Å². The molecule has 5 rings (SSSR count). The molecule has 4 aromatic rings. The van der Waals surface area contributed by atoms with E-state index in [-0.39, 0.29) is 0 Å². The molecule has 0 saturated heterocycles. The standard InChI is InChI=1S/C23H15BrN2/c24-16-7-5-6-15(12-16)23(19-13-25-21-10-3-1-8-17(19)21)20-14-26-22-11-4-2-9-18(20)22/h1-14,25H/p+1. The number of aromatic amines is 1. The zero-order valence-corrected chi connectivity index (χ0v) is 15.5. The molecule has 0 unspecified atom stereocenters. The average Bonchev–Trinajstić information content (AvgIpc) is 3.28. The first kappa shape index (κ1) is 15.4. The third kappa shape index (κ3) is 2.44. The van der Waals surface area contributed by atoms with Crippen molar-refractivity contribution in [1.29, 1.82) is 0 Å². The minimum Gasteiger partial charge on any atom is -0.361 e. The fourth-order valence-corrected chi connectivity index (χ4v) is 4.06. The lowest BCUT2D eigenvalue weighted by molar-refractivity contribution is -0.342. The number of aromatic nitrogens is 1. The summed E-state index contributed by atoms with van der Waals surface area (Å²) >= 11 is 3.63. The van der Waals surface area contributed by atoms with E-state index in [0.29, 0.717) is 0 Å². The monoisotopic (exact) mass is 399 g/mol. The Morgan fingerprint density at radius 3 is 2.65 bits per heavy atom. The van der Waals surface area contributed by atoms with Crippen LogP contribution in [0.15, 0.2) is 83.5 Å². The largest absolute Gasteiger partial charge is 0.361 e. The fourth-order valence-electron chi connectivity index (χ4n) is 3.66. The van der Waals surface area contributed by atoms with Gasteiger partial charge in [-0.1, -0.05) is 58.4 Å². The molecule has 3 heteroatoms. The second-order valence-corrected chi connectivity index (χ2v) is 7.30. The summed E-state index contributed by atoms with van der Waals surface area (Å²) in [6, 6.07) is 25.4. The predicted molar refractivity (Wildman–Crippen MR) is 111 cm³/mol. The molecule has 2 nitrogen and oxygen atoms in total. The van der Waals surface area contributed by atoms with Crippen LogP contribution >= 0.6 is 15.9 Å². The van der Waals surface area contributed by atoms with Gasteiger partial charge in [0.1, 0.15) is 0 Å². The van der Waals surface area contributed by atoms with Crippen LogP contribution < -0.4 is 4.99 Å². The number of hydrogen-bond donors (Lipinski definition) is 2. The van der Waals surface area contributed by atoms with Gasteiger partial charge in [-0.05, 0) is 29.8 Å². The summed E-state index contributed by atoms with van der Waals surface area (Å²) in [4.78, 5) is 6.84. The van der Waals surface area contributed by atoms with Crippen LogP contribution in [-0.2, 0) is 0 Å². The lowest BCUT2D eigenvalue weighted by Gasteiger charge is -2.11. The van der Waals surface area contributed by atoms with Gasteiger partial charge in [0.2, 0.25) is 5.69 Å². The van der Waals surface area contributed by atoms with Gasteiger partial charge in [-0.3, -0.25) is 0 Å². The summed E-state index contributed by atoms with van der Waals surface area (Å²) < 4.78 is 1.08. The van der Waals surface area contributed by atoms with Crippen LogP contribution in [0.5, 0.6) is 0 Å². The molecule has 3 aromatic carbocycles. The molecule has 0 bridgehead atoms. The van der Waals surface area contributed by atoms with Crippen LogP contribution in [-0.4, -0.2) is 11.2 Å². The average molecular weight is 400 g/mol. The smallest absolute Gasteiger partial charge is 0.211 e. The maximum Gasteiger partial charge on any atom is 0.211 e. The summed E-state index contributed by atoms with van der Waals surface area (Å²) in [5.41, 5.74) is 8.36. The molecule has 26 heavy (non-hydrogen) atoms. The minimum atomic E-state index is 1.08. The Kier molecular flexibility index (Phi) is 3.61. The molecular formula is C23H16BrN2+. The number of nitrogens with one attached hydrogen (secondary N) is 2. The molecule has 2 N–H and O–H groups in total. The molecule has 0 radical (unpaired) electrons. The minimum absolute atomic E-state index is 1.08. The van der Waals surface area contributed by atoms with E-state index in [0.717, 1.165) is 15.7 Å². The van der Waals surface area contributed by atoms with Gasteiger partial charge in [-0.25, -0.2) is 4.99 Å². The van der Waals surface area contributed by atoms with Crippen molar-refractivity contribution >= 4 is 49.9 Å². The molecule has 0 atom stereocenters. The molecule has 0 amide bonds. The lowest BCUT2D eigenvalue weighted by atomic mass is 9.90. The Balaban J connectivity index is 1.86. The van der Waals surface area contributed by atoms with E-state index in [1.54, 1.807) is 0 Å². The molecule has 0 fully saturated rings. The third-order valence-electron chi connectivity index (χ3n) is 4.83. The predicted octanol–water partition coefficient (Wildman–Crippen LogP) is 4.69. The number of hydrogen-bond acceptors (Lipinski definition) is 0. The van der Waals surface area contributed by atoms with Gasteiger partial charge in [-0.15, -0.1) is 0 Å². The van der Waals surface area contributed by atoms with Crippen molar-refractivity contribution in [2.24, 2.45) is 0 Å². The van der Waals surface area contributed by atoms with Gasteiger partial charge in [-0.2, -0.15) is 0 Å². The van der Waals surface area contributed by atoms with E-state index in [2.05, 4.69) is 111 Å². The van der Waals surface area contributed by atoms with E-state index in [9.17, 15) is 0 Å². The number of fused-ring (bicyclic) bond motifs is 2. The molecule has 124 valence electrons. The molecular weight excluding hydrogens is 384 g/mol. The number of halogens is 1. The van der Waals surface area contributed by atoms with Crippen LogP contribution in [0, 0.1) is 0 Å². The van der Waals surface area contributed by atoms with Crippen LogP contribution in [0.1, 0.15) is 16.7 Å². The second-order valence-electron chi connectivity index (χ2n) is 6.38. The first-order valence-electron chi connectivity index (χ1n) is 8.57. The van der Waals surface area contributed by atoms with Crippen LogP contribution in [0.2, 0.25) is 0 Å². The Hall–Kier alpha value is -2.91.